The lowest BCUT2D eigenvalue weighted by Gasteiger charge is -2.35. The van der Waals surface area contributed by atoms with Crippen molar-refractivity contribution in [3.63, 3.8) is 0 Å². The van der Waals surface area contributed by atoms with Crippen molar-refractivity contribution in [2.24, 2.45) is 0 Å². The van der Waals surface area contributed by atoms with Crippen LogP contribution in [0.25, 0.3) is 0 Å². The Bertz CT molecular complexity index is 585. The normalized spacial score (nSPS) is 15.8. The van der Waals surface area contributed by atoms with E-state index in [0.29, 0.717) is 5.82 Å². The van der Waals surface area contributed by atoms with Crippen molar-refractivity contribution < 1.29 is 4.39 Å². The van der Waals surface area contributed by atoms with E-state index < -0.39 is 0 Å². The van der Waals surface area contributed by atoms with Crippen molar-refractivity contribution in [2.45, 2.75) is 13.8 Å². The minimum atomic E-state index is -0.248. The van der Waals surface area contributed by atoms with E-state index in [0.717, 1.165) is 37.0 Å². The van der Waals surface area contributed by atoms with Gasteiger partial charge < -0.3 is 9.80 Å². The molecule has 3 rings (SSSR count). The van der Waals surface area contributed by atoms with E-state index in [4.69, 9.17) is 0 Å². The Morgan fingerprint density at radius 3 is 2.45 bits per heavy atom. The van der Waals surface area contributed by atoms with Crippen molar-refractivity contribution in [3.05, 3.63) is 34.7 Å². The summed E-state index contributed by atoms with van der Waals surface area (Å²) in [5.74, 6) is 0.209. The van der Waals surface area contributed by atoms with Gasteiger partial charge in [0.25, 0.3) is 0 Å². The van der Waals surface area contributed by atoms with E-state index in [1.807, 2.05) is 11.8 Å². The van der Waals surface area contributed by atoms with Crippen LogP contribution in [0.1, 0.15) is 10.6 Å². The molecule has 0 unspecified atom stereocenters. The van der Waals surface area contributed by atoms with E-state index >= 15 is 0 Å². The molecule has 0 radical (unpaired) electrons. The maximum atomic E-state index is 13.7. The lowest BCUT2D eigenvalue weighted by Crippen LogP contribution is -2.47. The van der Waals surface area contributed by atoms with Gasteiger partial charge in [-0.2, -0.15) is 0 Å². The topological polar surface area (TPSA) is 32.3 Å². The van der Waals surface area contributed by atoms with Crippen LogP contribution in [0.2, 0.25) is 0 Å². The number of aromatic nitrogens is 2. The van der Waals surface area contributed by atoms with Gasteiger partial charge >= 0.3 is 0 Å². The molecule has 0 aromatic carbocycles. The number of anilines is 2. The SMILES string of the molecule is Cc1nc(N2CCN(c3ncccc3F)CC2)sc1C. The van der Waals surface area contributed by atoms with E-state index in [9.17, 15) is 4.39 Å². The lowest BCUT2D eigenvalue weighted by atomic mass is 10.3. The fraction of sp³-hybridized carbons (Fsp3) is 0.429. The Morgan fingerprint density at radius 1 is 1.15 bits per heavy atom. The van der Waals surface area contributed by atoms with Gasteiger partial charge in [0.2, 0.25) is 0 Å². The molecule has 1 aliphatic heterocycles. The second kappa shape index (κ2) is 5.36. The van der Waals surface area contributed by atoms with Crippen molar-refractivity contribution in [2.75, 3.05) is 36.0 Å². The van der Waals surface area contributed by atoms with Gasteiger partial charge in [-0.1, -0.05) is 0 Å². The summed E-state index contributed by atoms with van der Waals surface area (Å²) >= 11 is 1.73. The second-order valence-electron chi connectivity index (χ2n) is 4.92. The van der Waals surface area contributed by atoms with Crippen LogP contribution in [0.3, 0.4) is 0 Å². The third kappa shape index (κ3) is 2.47. The molecule has 106 valence electrons. The first-order valence-corrected chi connectivity index (χ1v) is 7.51. The third-order valence-electron chi connectivity index (χ3n) is 3.61. The smallest absolute Gasteiger partial charge is 0.185 e. The van der Waals surface area contributed by atoms with Crippen LogP contribution >= 0.6 is 11.3 Å². The molecule has 6 heteroatoms. The Kier molecular flexibility index (Phi) is 3.56. The van der Waals surface area contributed by atoms with Crippen LogP contribution in [0.15, 0.2) is 18.3 Å². The average molecular weight is 292 g/mol. The molecule has 0 aliphatic carbocycles. The lowest BCUT2D eigenvalue weighted by molar-refractivity contribution is 0.588. The number of hydrogen-bond donors (Lipinski definition) is 0. The summed E-state index contributed by atoms with van der Waals surface area (Å²) in [6.07, 6.45) is 1.64. The van der Waals surface area contributed by atoms with Gasteiger partial charge in [0, 0.05) is 37.3 Å². The summed E-state index contributed by atoms with van der Waals surface area (Å²) in [6, 6.07) is 3.08. The predicted octanol–water partition coefficient (Wildman–Crippen LogP) is 2.62. The van der Waals surface area contributed by atoms with Crippen molar-refractivity contribution in [3.8, 4) is 0 Å². The highest BCUT2D eigenvalue weighted by Gasteiger charge is 2.22. The molecular weight excluding hydrogens is 275 g/mol. The molecule has 0 spiro atoms. The molecule has 20 heavy (non-hydrogen) atoms. The summed E-state index contributed by atoms with van der Waals surface area (Å²) in [4.78, 5) is 14.3. The summed E-state index contributed by atoms with van der Waals surface area (Å²) in [6.45, 7) is 7.37. The van der Waals surface area contributed by atoms with E-state index in [2.05, 4.69) is 21.8 Å². The first kappa shape index (κ1) is 13.3. The monoisotopic (exact) mass is 292 g/mol. The average Bonchev–Trinajstić information content (AvgIpc) is 2.80. The van der Waals surface area contributed by atoms with Crippen LogP contribution < -0.4 is 9.80 Å². The van der Waals surface area contributed by atoms with Gasteiger partial charge in [0.05, 0.1) is 5.69 Å². The molecule has 4 nitrogen and oxygen atoms in total. The molecule has 0 amide bonds. The first-order valence-electron chi connectivity index (χ1n) is 6.69. The Hall–Kier alpha value is -1.69. The molecule has 3 heterocycles. The van der Waals surface area contributed by atoms with Gasteiger partial charge in [-0.25, -0.2) is 14.4 Å². The van der Waals surface area contributed by atoms with Gasteiger partial charge in [-0.15, -0.1) is 11.3 Å². The fourth-order valence-electron chi connectivity index (χ4n) is 2.31. The minimum absolute atomic E-state index is 0.248. The van der Waals surface area contributed by atoms with E-state index in [-0.39, 0.29) is 5.82 Å². The van der Waals surface area contributed by atoms with Crippen LogP contribution in [0, 0.1) is 19.7 Å². The maximum absolute atomic E-state index is 13.7. The molecular formula is C14H17FN4S. The Morgan fingerprint density at radius 2 is 1.85 bits per heavy atom. The zero-order valence-corrected chi connectivity index (χ0v) is 12.5. The van der Waals surface area contributed by atoms with Gasteiger partial charge in [-0.3, -0.25) is 0 Å². The highest BCUT2D eigenvalue weighted by Crippen LogP contribution is 2.27. The largest absolute Gasteiger partial charge is 0.351 e. The van der Waals surface area contributed by atoms with Gasteiger partial charge in [0.15, 0.2) is 16.8 Å². The van der Waals surface area contributed by atoms with Crippen LogP contribution in [-0.4, -0.2) is 36.1 Å². The Balaban J connectivity index is 1.69. The highest BCUT2D eigenvalue weighted by atomic mass is 32.1. The molecule has 1 saturated heterocycles. The number of piperazine rings is 1. The van der Waals surface area contributed by atoms with Crippen LogP contribution in [0.5, 0.6) is 0 Å². The molecule has 2 aromatic rings. The highest BCUT2D eigenvalue weighted by molar-refractivity contribution is 7.15. The number of aryl methyl sites for hydroxylation is 2. The summed E-state index contributed by atoms with van der Waals surface area (Å²) in [5, 5.41) is 1.07. The zero-order valence-electron chi connectivity index (χ0n) is 11.6. The maximum Gasteiger partial charge on any atom is 0.185 e. The first-order chi connectivity index (χ1) is 9.65. The van der Waals surface area contributed by atoms with Gasteiger partial charge in [0.1, 0.15) is 0 Å². The summed E-state index contributed by atoms with van der Waals surface area (Å²) in [7, 11) is 0. The van der Waals surface area contributed by atoms with Crippen molar-refractivity contribution in [1.29, 1.82) is 0 Å². The fourth-order valence-corrected chi connectivity index (χ4v) is 3.27. The number of hydrogen-bond acceptors (Lipinski definition) is 5. The quantitative estimate of drug-likeness (QED) is 0.852. The van der Waals surface area contributed by atoms with Crippen LogP contribution in [0.4, 0.5) is 15.3 Å². The minimum Gasteiger partial charge on any atom is -0.351 e. The summed E-state index contributed by atoms with van der Waals surface area (Å²) in [5.41, 5.74) is 1.10. The van der Waals surface area contributed by atoms with Gasteiger partial charge in [-0.05, 0) is 26.0 Å². The molecule has 0 bridgehead atoms. The molecule has 0 N–H and O–H groups in total. The molecule has 0 atom stereocenters. The summed E-state index contributed by atoms with van der Waals surface area (Å²) < 4.78 is 13.7. The predicted molar refractivity (Wildman–Crippen MR) is 80.2 cm³/mol. The van der Waals surface area contributed by atoms with E-state index in [1.54, 1.807) is 23.6 Å². The molecule has 0 saturated carbocycles. The number of halogens is 1. The standard InChI is InChI=1S/C14H17FN4S/c1-10-11(2)20-14(17-10)19-8-6-18(7-9-19)13-12(15)4-3-5-16-13/h3-5H,6-9H2,1-2H3. The Labute approximate surface area is 121 Å². The zero-order chi connectivity index (χ0) is 14.1. The third-order valence-corrected chi connectivity index (χ3v) is 4.74. The molecule has 2 aromatic heterocycles. The van der Waals surface area contributed by atoms with E-state index in [1.165, 1.54) is 10.9 Å². The number of nitrogens with zero attached hydrogens (tertiary/aromatic N) is 4. The van der Waals surface area contributed by atoms with Crippen LogP contribution in [-0.2, 0) is 0 Å². The second-order valence-corrected chi connectivity index (χ2v) is 6.10. The number of rotatable bonds is 2. The molecule has 1 fully saturated rings. The number of thiazole rings is 1. The van der Waals surface area contributed by atoms with Crippen molar-refractivity contribution >= 4 is 22.3 Å². The number of pyridine rings is 1. The molecule has 1 aliphatic rings. The van der Waals surface area contributed by atoms with Crippen molar-refractivity contribution in [1.82, 2.24) is 9.97 Å².